The Balaban J connectivity index is 1.69. The van der Waals surface area contributed by atoms with Crippen molar-refractivity contribution in [2.24, 2.45) is 0 Å². The van der Waals surface area contributed by atoms with Crippen LogP contribution in [-0.2, 0) is 6.54 Å². The van der Waals surface area contributed by atoms with E-state index in [1.165, 1.54) is 0 Å². The lowest BCUT2D eigenvalue weighted by molar-refractivity contribution is 0.342. The Kier molecular flexibility index (Phi) is 5.14. The molecule has 0 radical (unpaired) electrons. The van der Waals surface area contributed by atoms with E-state index in [9.17, 15) is 0 Å². The average molecular weight is 322 g/mol. The van der Waals surface area contributed by atoms with Crippen molar-refractivity contribution >= 4 is 17.5 Å². The number of pyridine rings is 1. The first-order chi connectivity index (χ1) is 11.8. The summed E-state index contributed by atoms with van der Waals surface area (Å²) in [6, 6.07) is 11.6. The van der Waals surface area contributed by atoms with Gasteiger partial charge in [-0.2, -0.15) is 10.1 Å². The third-order valence-corrected chi connectivity index (χ3v) is 3.18. The Morgan fingerprint density at radius 1 is 1.08 bits per heavy atom. The number of nitrogens with one attached hydrogen (secondary N) is 2. The third-order valence-electron chi connectivity index (χ3n) is 3.18. The zero-order chi connectivity index (χ0) is 16.6. The first-order valence-electron chi connectivity index (χ1n) is 7.66. The van der Waals surface area contributed by atoms with E-state index in [1.54, 1.807) is 18.6 Å². The summed E-state index contributed by atoms with van der Waals surface area (Å²) < 4.78 is 5.60. The zero-order valence-corrected chi connectivity index (χ0v) is 13.3. The Bertz CT molecular complexity index is 781. The zero-order valence-electron chi connectivity index (χ0n) is 13.3. The molecule has 2 aromatic heterocycles. The van der Waals surface area contributed by atoms with Gasteiger partial charge in [0, 0.05) is 18.9 Å². The molecule has 0 unspecified atom stereocenters. The van der Waals surface area contributed by atoms with E-state index in [2.05, 4.69) is 30.8 Å². The molecule has 3 aromatic rings. The molecule has 0 saturated carbocycles. The number of benzene rings is 1. The van der Waals surface area contributed by atoms with Crippen molar-refractivity contribution in [2.45, 2.75) is 13.5 Å². The van der Waals surface area contributed by atoms with Crippen LogP contribution in [0.1, 0.15) is 12.5 Å². The molecule has 0 aliphatic carbocycles. The summed E-state index contributed by atoms with van der Waals surface area (Å²) in [6.45, 7) is 3.12. The van der Waals surface area contributed by atoms with Crippen LogP contribution in [0.2, 0.25) is 0 Å². The second-order valence-corrected chi connectivity index (χ2v) is 4.93. The molecule has 7 heteroatoms. The van der Waals surface area contributed by atoms with E-state index >= 15 is 0 Å². The summed E-state index contributed by atoms with van der Waals surface area (Å²) in [7, 11) is 0. The van der Waals surface area contributed by atoms with Gasteiger partial charge in [0.15, 0.2) is 5.82 Å². The van der Waals surface area contributed by atoms with Crippen LogP contribution in [0.5, 0.6) is 5.75 Å². The molecule has 0 saturated heterocycles. The number of hydrogen-bond donors (Lipinski definition) is 2. The van der Waals surface area contributed by atoms with E-state index in [4.69, 9.17) is 4.74 Å². The van der Waals surface area contributed by atoms with Crippen molar-refractivity contribution in [1.29, 1.82) is 0 Å². The highest BCUT2D eigenvalue weighted by Gasteiger charge is 2.05. The second kappa shape index (κ2) is 7.87. The van der Waals surface area contributed by atoms with Gasteiger partial charge in [-0.15, -0.1) is 5.10 Å². The lowest BCUT2D eigenvalue weighted by atomic mass is 10.3. The topological polar surface area (TPSA) is 84.9 Å². The highest BCUT2D eigenvalue weighted by Crippen LogP contribution is 2.26. The van der Waals surface area contributed by atoms with Crippen molar-refractivity contribution in [3.05, 3.63) is 60.6 Å². The van der Waals surface area contributed by atoms with E-state index in [-0.39, 0.29) is 0 Å². The molecule has 122 valence electrons. The van der Waals surface area contributed by atoms with Crippen molar-refractivity contribution in [3.8, 4) is 5.75 Å². The van der Waals surface area contributed by atoms with Crippen LogP contribution in [0.25, 0.3) is 0 Å². The molecule has 3 rings (SSSR count). The molecular formula is C17H18N6O. The Morgan fingerprint density at radius 3 is 2.83 bits per heavy atom. The summed E-state index contributed by atoms with van der Waals surface area (Å²) >= 11 is 0. The van der Waals surface area contributed by atoms with Gasteiger partial charge in [0.2, 0.25) is 5.95 Å². The van der Waals surface area contributed by atoms with Crippen LogP contribution in [0, 0.1) is 0 Å². The fraction of sp³-hybridized carbons (Fsp3) is 0.176. The van der Waals surface area contributed by atoms with Crippen molar-refractivity contribution in [1.82, 2.24) is 20.2 Å². The highest BCUT2D eigenvalue weighted by molar-refractivity contribution is 5.63. The van der Waals surface area contributed by atoms with Crippen molar-refractivity contribution in [3.63, 3.8) is 0 Å². The second-order valence-electron chi connectivity index (χ2n) is 4.93. The van der Waals surface area contributed by atoms with Crippen LogP contribution in [0.15, 0.2) is 55.0 Å². The fourth-order valence-corrected chi connectivity index (χ4v) is 2.11. The van der Waals surface area contributed by atoms with Crippen LogP contribution in [0.4, 0.5) is 17.5 Å². The molecule has 0 aliphatic heterocycles. The molecule has 24 heavy (non-hydrogen) atoms. The maximum Gasteiger partial charge on any atom is 0.244 e. The molecular weight excluding hydrogens is 304 g/mol. The minimum Gasteiger partial charge on any atom is -0.492 e. The molecule has 0 spiro atoms. The Labute approximate surface area is 140 Å². The van der Waals surface area contributed by atoms with Gasteiger partial charge in [-0.25, -0.2) is 0 Å². The number of nitrogens with zero attached hydrogens (tertiary/aromatic N) is 4. The minimum atomic E-state index is 0.442. The smallest absolute Gasteiger partial charge is 0.244 e. The number of rotatable bonds is 7. The first kappa shape index (κ1) is 15.7. The van der Waals surface area contributed by atoms with Gasteiger partial charge in [0.1, 0.15) is 5.75 Å². The normalized spacial score (nSPS) is 10.2. The summed E-state index contributed by atoms with van der Waals surface area (Å²) in [4.78, 5) is 8.49. The predicted octanol–water partition coefficient (Wildman–Crippen LogP) is 3.02. The molecule has 0 bridgehead atoms. The molecule has 0 fully saturated rings. The van der Waals surface area contributed by atoms with E-state index in [0.29, 0.717) is 24.9 Å². The lowest BCUT2D eigenvalue weighted by Gasteiger charge is -2.12. The van der Waals surface area contributed by atoms with Gasteiger partial charge in [0.05, 0.1) is 18.5 Å². The standard InChI is InChI=1S/C17H18N6O/c1-2-24-15-8-4-3-7-14(15)21-16-12-20-23-17(22-16)19-11-13-6-5-9-18-10-13/h3-10,12H,2,11H2,1H3,(H2,19,21,22,23). The first-order valence-corrected chi connectivity index (χ1v) is 7.66. The molecule has 2 N–H and O–H groups in total. The molecule has 2 heterocycles. The largest absolute Gasteiger partial charge is 0.492 e. The highest BCUT2D eigenvalue weighted by atomic mass is 16.5. The molecule has 7 nitrogen and oxygen atoms in total. The van der Waals surface area contributed by atoms with E-state index in [1.807, 2.05) is 43.3 Å². The number of hydrogen-bond acceptors (Lipinski definition) is 7. The van der Waals surface area contributed by atoms with Gasteiger partial charge in [-0.1, -0.05) is 18.2 Å². The Morgan fingerprint density at radius 2 is 2.00 bits per heavy atom. The number of ether oxygens (including phenoxy) is 1. The van der Waals surface area contributed by atoms with Crippen LogP contribution in [-0.4, -0.2) is 26.8 Å². The average Bonchev–Trinajstić information content (AvgIpc) is 2.63. The number of para-hydroxylation sites is 2. The predicted molar refractivity (Wildman–Crippen MR) is 92.3 cm³/mol. The Hall–Kier alpha value is -3.22. The van der Waals surface area contributed by atoms with E-state index < -0.39 is 0 Å². The monoisotopic (exact) mass is 322 g/mol. The quantitative estimate of drug-likeness (QED) is 0.691. The van der Waals surface area contributed by atoms with Crippen LogP contribution >= 0.6 is 0 Å². The van der Waals surface area contributed by atoms with Crippen LogP contribution < -0.4 is 15.4 Å². The van der Waals surface area contributed by atoms with Gasteiger partial charge in [-0.05, 0) is 30.7 Å². The molecule has 0 amide bonds. The number of aromatic nitrogens is 4. The van der Waals surface area contributed by atoms with Gasteiger partial charge >= 0.3 is 0 Å². The summed E-state index contributed by atoms with van der Waals surface area (Å²) in [6.07, 6.45) is 5.10. The van der Waals surface area contributed by atoms with Gasteiger partial charge < -0.3 is 15.4 Å². The summed E-state index contributed by atoms with van der Waals surface area (Å²) in [5.74, 6) is 1.80. The maximum atomic E-state index is 5.60. The minimum absolute atomic E-state index is 0.442. The molecule has 1 aromatic carbocycles. The third kappa shape index (κ3) is 4.16. The number of anilines is 3. The van der Waals surface area contributed by atoms with Crippen LogP contribution in [0.3, 0.4) is 0 Å². The van der Waals surface area contributed by atoms with Crippen molar-refractivity contribution in [2.75, 3.05) is 17.2 Å². The van der Waals surface area contributed by atoms with Gasteiger partial charge in [0.25, 0.3) is 0 Å². The maximum absolute atomic E-state index is 5.60. The summed E-state index contributed by atoms with van der Waals surface area (Å²) in [5, 5.41) is 14.3. The lowest BCUT2D eigenvalue weighted by Crippen LogP contribution is -2.07. The SMILES string of the molecule is CCOc1ccccc1Nc1cnnc(NCc2cccnc2)n1. The van der Waals surface area contributed by atoms with Crippen molar-refractivity contribution < 1.29 is 4.74 Å². The molecule has 0 atom stereocenters. The van der Waals surface area contributed by atoms with E-state index in [0.717, 1.165) is 17.0 Å². The summed E-state index contributed by atoms with van der Waals surface area (Å²) in [5.41, 5.74) is 1.87. The molecule has 0 aliphatic rings. The fourth-order valence-electron chi connectivity index (χ4n) is 2.11. The van der Waals surface area contributed by atoms with Gasteiger partial charge in [-0.3, -0.25) is 4.98 Å².